The minimum absolute atomic E-state index is 0.181. The number of amides is 1. The van der Waals surface area contributed by atoms with Crippen molar-refractivity contribution >= 4 is 37.5 Å². The molecule has 6 rings (SSSR count). The van der Waals surface area contributed by atoms with Gasteiger partial charge in [-0.3, -0.25) is 14.2 Å². The van der Waals surface area contributed by atoms with Crippen LogP contribution in [0, 0.1) is 0 Å². The Labute approximate surface area is 197 Å². The van der Waals surface area contributed by atoms with Crippen molar-refractivity contribution < 1.29 is 13.9 Å². The SMILES string of the molecule is COc1ccc(-c2nc3sc4c(C(N)=O)cccc4c3c(=O)n2Cc2cnco2)c(C2CC2)c1. The number of methoxy groups -OCH3 is 1. The number of oxazole rings is 1. The average molecular weight is 473 g/mol. The number of carbonyl (C=O) groups is 1. The maximum Gasteiger partial charge on any atom is 0.263 e. The minimum Gasteiger partial charge on any atom is -0.497 e. The number of benzene rings is 2. The van der Waals surface area contributed by atoms with Gasteiger partial charge in [0.05, 0.1) is 35.5 Å². The fourth-order valence-electron chi connectivity index (χ4n) is 4.41. The molecule has 0 saturated heterocycles. The number of carbonyl (C=O) groups excluding carboxylic acids is 1. The maximum atomic E-state index is 14.0. The molecule has 2 N–H and O–H groups in total. The summed E-state index contributed by atoms with van der Waals surface area (Å²) < 4.78 is 13.2. The Morgan fingerprint density at radius 1 is 1.29 bits per heavy atom. The van der Waals surface area contributed by atoms with E-state index in [9.17, 15) is 9.59 Å². The molecule has 9 heteroatoms. The highest BCUT2D eigenvalue weighted by atomic mass is 32.1. The molecular formula is C25H20N4O4S. The molecule has 34 heavy (non-hydrogen) atoms. The van der Waals surface area contributed by atoms with E-state index in [1.54, 1.807) is 30.0 Å². The second-order valence-corrected chi connectivity index (χ2v) is 9.35. The molecular weight excluding hydrogens is 452 g/mol. The first-order chi connectivity index (χ1) is 16.5. The van der Waals surface area contributed by atoms with Crippen LogP contribution in [0.1, 0.15) is 40.4 Å². The van der Waals surface area contributed by atoms with Gasteiger partial charge in [0.25, 0.3) is 5.56 Å². The molecule has 0 radical (unpaired) electrons. The average Bonchev–Trinajstić information content (AvgIpc) is 3.42. The standard InChI is InChI=1S/C25H20N4O4S/c1-32-14-7-8-16(19(9-14)13-5-6-13)23-28-24-20(25(31)29(23)11-15-10-27-12-33-15)17-3-2-4-18(22(26)30)21(17)34-24/h2-4,7-10,12-13H,5-6,11H2,1H3,(H2,26,30). The lowest BCUT2D eigenvalue weighted by atomic mass is 10.0. The number of primary amides is 1. The first-order valence-corrected chi connectivity index (χ1v) is 11.7. The molecule has 5 aromatic rings. The molecule has 3 aromatic heterocycles. The van der Waals surface area contributed by atoms with Crippen LogP contribution >= 0.6 is 11.3 Å². The number of rotatable bonds is 6. The summed E-state index contributed by atoms with van der Waals surface area (Å²) in [5.41, 5.74) is 7.77. The van der Waals surface area contributed by atoms with Crippen molar-refractivity contribution in [2.45, 2.75) is 25.3 Å². The Kier molecular flexibility index (Phi) is 4.73. The lowest BCUT2D eigenvalue weighted by Crippen LogP contribution is -2.24. The third kappa shape index (κ3) is 3.28. The van der Waals surface area contributed by atoms with Crippen molar-refractivity contribution in [3.63, 3.8) is 0 Å². The monoisotopic (exact) mass is 472 g/mol. The zero-order valence-corrected chi connectivity index (χ0v) is 19.1. The van der Waals surface area contributed by atoms with E-state index in [-0.39, 0.29) is 12.1 Å². The second-order valence-electron chi connectivity index (χ2n) is 8.35. The number of nitrogens with zero attached hydrogens (tertiary/aromatic N) is 3. The van der Waals surface area contributed by atoms with Gasteiger partial charge in [0, 0.05) is 10.9 Å². The third-order valence-corrected chi connectivity index (χ3v) is 7.33. The summed E-state index contributed by atoms with van der Waals surface area (Å²) in [6.07, 6.45) is 5.10. The molecule has 0 bridgehead atoms. The zero-order valence-electron chi connectivity index (χ0n) is 18.3. The van der Waals surface area contributed by atoms with E-state index in [0.29, 0.717) is 43.4 Å². The molecule has 1 amide bonds. The Morgan fingerprint density at radius 3 is 2.85 bits per heavy atom. The summed E-state index contributed by atoms with van der Waals surface area (Å²) in [5.74, 6) is 1.73. The van der Waals surface area contributed by atoms with E-state index in [1.165, 1.54) is 17.7 Å². The van der Waals surface area contributed by atoms with Crippen LogP contribution in [0.25, 0.3) is 31.7 Å². The van der Waals surface area contributed by atoms with E-state index in [4.69, 9.17) is 19.9 Å². The molecule has 8 nitrogen and oxygen atoms in total. The highest BCUT2D eigenvalue weighted by Crippen LogP contribution is 2.45. The molecule has 0 aliphatic heterocycles. The van der Waals surface area contributed by atoms with E-state index >= 15 is 0 Å². The molecule has 0 atom stereocenters. The summed E-state index contributed by atoms with van der Waals surface area (Å²) >= 11 is 1.31. The highest BCUT2D eigenvalue weighted by Gasteiger charge is 2.29. The van der Waals surface area contributed by atoms with Gasteiger partial charge in [0.15, 0.2) is 6.39 Å². The third-order valence-electron chi connectivity index (χ3n) is 6.20. The second kappa shape index (κ2) is 7.81. The lowest BCUT2D eigenvalue weighted by molar-refractivity contribution is 0.100. The van der Waals surface area contributed by atoms with Gasteiger partial charge in [-0.2, -0.15) is 0 Å². The van der Waals surface area contributed by atoms with Crippen LogP contribution in [0.2, 0.25) is 0 Å². The van der Waals surface area contributed by atoms with Gasteiger partial charge in [-0.05, 0) is 48.6 Å². The Balaban J connectivity index is 1.68. The summed E-state index contributed by atoms with van der Waals surface area (Å²) in [7, 11) is 1.64. The Hall–Kier alpha value is -3.98. The predicted octanol–water partition coefficient (Wildman–Crippen LogP) is 4.30. The van der Waals surface area contributed by atoms with Gasteiger partial charge in [-0.1, -0.05) is 12.1 Å². The quantitative estimate of drug-likeness (QED) is 0.394. The van der Waals surface area contributed by atoms with Gasteiger partial charge < -0.3 is 14.9 Å². The van der Waals surface area contributed by atoms with Gasteiger partial charge in [0.1, 0.15) is 22.2 Å². The summed E-state index contributed by atoms with van der Waals surface area (Å²) in [6.45, 7) is 0.181. The summed E-state index contributed by atoms with van der Waals surface area (Å²) in [4.78, 5) is 35.5. The van der Waals surface area contributed by atoms with Crippen molar-refractivity contribution in [3.8, 4) is 17.1 Å². The smallest absolute Gasteiger partial charge is 0.263 e. The fraction of sp³-hybridized carbons (Fsp3) is 0.200. The van der Waals surface area contributed by atoms with Crippen LogP contribution in [0.5, 0.6) is 5.75 Å². The van der Waals surface area contributed by atoms with Crippen LogP contribution in [-0.4, -0.2) is 27.6 Å². The van der Waals surface area contributed by atoms with Crippen molar-refractivity contribution in [2.24, 2.45) is 5.73 Å². The predicted molar refractivity (Wildman–Crippen MR) is 129 cm³/mol. The van der Waals surface area contributed by atoms with E-state index in [0.717, 1.165) is 29.7 Å². The zero-order chi connectivity index (χ0) is 23.4. The first kappa shape index (κ1) is 20.6. The molecule has 3 heterocycles. The van der Waals surface area contributed by atoms with Crippen LogP contribution in [-0.2, 0) is 6.54 Å². The van der Waals surface area contributed by atoms with Gasteiger partial charge >= 0.3 is 0 Å². The van der Waals surface area contributed by atoms with E-state index in [1.807, 2.05) is 24.3 Å². The lowest BCUT2D eigenvalue weighted by Gasteiger charge is -2.15. The normalized spacial score (nSPS) is 13.6. The van der Waals surface area contributed by atoms with E-state index in [2.05, 4.69) is 4.98 Å². The number of thiophene rings is 1. The molecule has 1 aliphatic rings. The molecule has 2 aromatic carbocycles. The van der Waals surface area contributed by atoms with Crippen LogP contribution in [0.15, 0.2) is 58.2 Å². The number of aromatic nitrogens is 3. The topological polar surface area (TPSA) is 113 Å². The van der Waals surface area contributed by atoms with Gasteiger partial charge in [0.2, 0.25) is 5.91 Å². The van der Waals surface area contributed by atoms with Gasteiger partial charge in [-0.25, -0.2) is 9.97 Å². The molecule has 0 spiro atoms. The van der Waals surface area contributed by atoms with E-state index < -0.39 is 5.91 Å². The largest absolute Gasteiger partial charge is 0.497 e. The van der Waals surface area contributed by atoms with Crippen LogP contribution in [0.3, 0.4) is 0 Å². The van der Waals surface area contributed by atoms with Crippen LogP contribution < -0.4 is 16.0 Å². The molecule has 1 saturated carbocycles. The fourth-order valence-corrected chi connectivity index (χ4v) is 5.59. The number of ether oxygens (including phenoxy) is 1. The summed E-state index contributed by atoms with van der Waals surface area (Å²) in [6, 6.07) is 11.1. The number of hydrogen-bond donors (Lipinski definition) is 1. The number of nitrogens with two attached hydrogens (primary N) is 1. The highest BCUT2D eigenvalue weighted by molar-refractivity contribution is 7.25. The molecule has 0 unspecified atom stereocenters. The maximum absolute atomic E-state index is 14.0. The van der Waals surface area contributed by atoms with Crippen LogP contribution in [0.4, 0.5) is 0 Å². The number of fused-ring (bicyclic) bond motifs is 3. The van der Waals surface area contributed by atoms with Crippen molar-refractivity contribution in [1.29, 1.82) is 0 Å². The van der Waals surface area contributed by atoms with Crippen molar-refractivity contribution in [2.75, 3.05) is 7.11 Å². The Bertz CT molecular complexity index is 1630. The summed E-state index contributed by atoms with van der Waals surface area (Å²) in [5, 5.41) is 1.14. The Morgan fingerprint density at radius 2 is 2.15 bits per heavy atom. The minimum atomic E-state index is -0.537. The van der Waals surface area contributed by atoms with Gasteiger partial charge in [-0.15, -0.1) is 11.3 Å². The molecule has 170 valence electrons. The van der Waals surface area contributed by atoms with Crippen molar-refractivity contribution in [3.05, 3.63) is 76.2 Å². The first-order valence-electron chi connectivity index (χ1n) is 10.9. The number of hydrogen-bond acceptors (Lipinski definition) is 7. The van der Waals surface area contributed by atoms with Crippen molar-refractivity contribution in [1.82, 2.24) is 14.5 Å². The molecule has 1 fully saturated rings. The molecule has 1 aliphatic carbocycles.